The van der Waals surface area contributed by atoms with Crippen LogP contribution in [0.25, 0.3) is 0 Å². The zero-order valence-electron chi connectivity index (χ0n) is 9.58. The quantitative estimate of drug-likeness (QED) is 0.592. The molecule has 5 nitrogen and oxygen atoms in total. The highest BCUT2D eigenvalue weighted by Gasteiger charge is 2.14. The van der Waals surface area contributed by atoms with Crippen molar-refractivity contribution in [3.63, 3.8) is 0 Å². The van der Waals surface area contributed by atoms with Gasteiger partial charge >= 0.3 is 10.1 Å². The second-order valence-electron chi connectivity index (χ2n) is 3.40. The molecular weight excluding hydrogens is 242 g/mol. The van der Waals surface area contributed by atoms with Crippen LogP contribution >= 0.6 is 0 Å². The molecule has 0 saturated heterocycles. The molecule has 0 saturated carbocycles. The highest BCUT2D eigenvalue weighted by molar-refractivity contribution is 7.86. The largest absolute Gasteiger partial charge is 0.358 e. The van der Waals surface area contributed by atoms with E-state index >= 15 is 0 Å². The molecule has 0 radical (unpaired) electrons. The summed E-state index contributed by atoms with van der Waals surface area (Å²) in [7, 11) is -3.93. The lowest BCUT2D eigenvalue weighted by Gasteiger charge is -2.01. The second kappa shape index (κ2) is 5.58. The van der Waals surface area contributed by atoms with Gasteiger partial charge in [-0.15, -0.1) is 0 Å². The fourth-order valence-electron chi connectivity index (χ4n) is 0.976. The van der Waals surface area contributed by atoms with Gasteiger partial charge in [-0.25, -0.2) is 0 Å². The first kappa shape index (κ1) is 13.4. The van der Waals surface area contributed by atoms with Crippen LogP contribution in [0.4, 0.5) is 0 Å². The third kappa shape index (κ3) is 3.99. The van der Waals surface area contributed by atoms with E-state index in [-0.39, 0.29) is 17.1 Å². The molecule has 1 aromatic carbocycles. The molecule has 0 amide bonds. The van der Waals surface area contributed by atoms with Crippen molar-refractivity contribution in [3.05, 3.63) is 29.8 Å². The number of benzene rings is 1. The van der Waals surface area contributed by atoms with Gasteiger partial charge in [-0.05, 0) is 19.1 Å². The van der Waals surface area contributed by atoms with E-state index in [2.05, 4.69) is 9.44 Å². The number of carbonyl (C=O) groups excluding carboxylic acids is 1. The van der Waals surface area contributed by atoms with Crippen molar-refractivity contribution in [1.29, 1.82) is 0 Å². The Morgan fingerprint density at radius 1 is 1.35 bits per heavy atom. The Morgan fingerprint density at radius 3 is 2.47 bits per heavy atom. The van der Waals surface area contributed by atoms with Crippen LogP contribution < -0.4 is 0 Å². The van der Waals surface area contributed by atoms with E-state index in [1.54, 1.807) is 19.1 Å². The van der Waals surface area contributed by atoms with Crippen LogP contribution in [0.5, 0.6) is 0 Å². The summed E-state index contributed by atoms with van der Waals surface area (Å²) in [4.78, 5) is 10.9. The summed E-state index contributed by atoms with van der Waals surface area (Å²) in [5, 5.41) is 3.15. The van der Waals surface area contributed by atoms with E-state index in [0.717, 1.165) is 11.8 Å². The minimum Gasteiger partial charge on any atom is -0.293 e. The minimum absolute atomic E-state index is 0.00389. The molecule has 0 aliphatic rings. The van der Waals surface area contributed by atoms with Crippen LogP contribution in [-0.4, -0.2) is 20.4 Å². The van der Waals surface area contributed by atoms with Gasteiger partial charge in [0.15, 0.2) is 5.78 Å². The zero-order chi connectivity index (χ0) is 12.9. The van der Waals surface area contributed by atoms with Gasteiger partial charge in [0.1, 0.15) is 11.1 Å². The van der Waals surface area contributed by atoms with Crippen molar-refractivity contribution in [1.82, 2.24) is 0 Å². The summed E-state index contributed by atoms with van der Waals surface area (Å²) in [6, 6.07) is 6.14. The number of carbonyl (C=O) groups is 1. The molecule has 0 atom stereocenters. The number of hydrogen-bond acceptors (Lipinski definition) is 5. The molecule has 92 valence electrons. The van der Waals surface area contributed by atoms with Crippen LogP contribution in [0.2, 0.25) is 0 Å². The minimum atomic E-state index is -3.93. The summed E-state index contributed by atoms with van der Waals surface area (Å²) in [5.74, 6) is -0.302. The molecule has 0 bridgehead atoms. The third-order valence-electron chi connectivity index (χ3n) is 2.00. The van der Waals surface area contributed by atoms with Crippen molar-refractivity contribution in [3.8, 4) is 0 Å². The second-order valence-corrected chi connectivity index (χ2v) is 4.92. The van der Waals surface area contributed by atoms with Crippen molar-refractivity contribution < 1.29 is 17.5 Å². The number of Topliss-reactive ketones (excluding diaryl/α,β-unsaturated/α-hetero) is 1. The van der Waals surface area contributed by atoms with Crippen molar-refractivity contribution in [2.75, 3.05) is 0 Å². The van der Waals surface area contributed by atoms with Crippen LogP contribution in [0, 0.1) is 6.92 Å². The summed E-state index contributed by atoms with van der Waals surface area (Å²) in [6.07, 6.45) is 1.10. The van der Waals surface area contributed by atoms with E-state index in [1.165, 1.54) is 12.1 Å². The van der Waals surface area contributed by atoms with Gasteiger partial charge in [0, 0.05) is 6.42 Å². The average molecular weight is 255 g/mol. The molecule has 0 fully saturated rings. The van der Waals surface area contributed by atoms with E-state index in [9.17, 15) is 13.2 Å². The van der Waals surface area contributed by atoms with Gasteiger partial charge in [-0.2, -0.15) is 8.42 Å². The lowest BCUT2D eigenvalue weighted by atomic mass is 10.2. The number of ketones is 1. The highest BCUT2D eigenvalue weighted by atomic mass is 32.2. The molecule has 0 aliphatic carbocycles. The lowest BCUT2D eigenvalue weighted by Crippen LogP contribution is -2.04. The van der Waals surface area contributed by atoms with E-state index in [4.69, 9.17) is 0 Å². The molecule has 6 heteroatoms. The van der Waals surface area contributed by atoms with Crippen molar-refractivity contribution in [2.45, 2.75) is 25.2 Å². The maximum atomic E-state index is 11.6. The monoisotopic (exact) mass is 255 g/mol. The Labute approximate surface area is 100 Å². The molecule has 0 N–H and O–H groups in total. The van der Waals surface area contributed by atoms with Crippen LogP contribution in [-0.2, 0) is 19.2 Å². The Hall–Kier alpha value is -1.69. The van der Waals surface area contributed by atoms with Gasteiger partial charge in [0.2, 0.25) is 0 Å². The van der Waals surface area contributed by atoms with E-state index in [1.807, 2.05) is 6.92 Å². The van der Waals surface area contributed by atoms with E-state index in [0.29, 0.717) is 0 Å². The number of hydrogen-bond donors (Lipinski definition) is 0. The van der Waals surface area contributed by atoms with Gasteiger partial charge in [-0.3, -0.25) is 9.08 Å². The standard InChI is InChI=1S/C11H13NO4S/c1-3-10(13)8-12-16-17(14,15)11-6-4-9(2)5-7-11/h4-8H,3H2,1-2H3. The normalized spacial score (nSPS) is 11.6. The first-order valence-corrected chi connectivity index (χ1v) is 6.43. The molecule has 1 aromatic rings. The summed E-state index contributed by atoms with van der Waals surface area (Å²) < 4.78 is 27.5. The lowest BCUT2D eigenvalue weighted by molar-refractivity contribution is -0.112. The molecule has 0 spiro atoms. The number of oxime groups is 1. The predicted octanol–water partition coefficient (Wildman–Crippen LogP) is 1.67. The molecule has 0 aromatic heterocycles. The summed E-state index contributed by atoms with van der Waals surface area (Å²) >= 11 is 0. The van der Waals surface area contributed by atoms with Gasteiger partial charge in [-0.1, -0.05) is 29.8 Å². The Bertz CT molecular complexity index is 517. The fraction of sp³-hybridized carbons (Fsp3) is 0.273. The maximum absolute atomic E-state index is 11.6. The Kier molecular flexibility index (Phi) is 4.39. The molecule has 1 rings (SSSR count). The fourth-order valence-corrected chi connectivity index (χ4v) is 1.69. The first-order chi connectivity index (χ1) is 7.95. The smallest absolute Gasteiger partial charge is 0.293 e. The SMILES string of the molecule is CCC(=O)C=NOS(=O)(=O)c1ccc(C)cc1. The predicted molar refractivity (Wildman–Crippen MR) is 63.2 cm³/mol. The van der Waals surface area contributed by atoms with E-state index < -0.39 is 10.1 Å². The summed E-state index contributed by atoms with van der Waals surface area (Å²) in [6.45, 7) is 3.48. The van der Waals surface area contributed by atoms with Crippen molar-refractivity contribution in [2.24, 2.45) is 5.16 Å². The number of rotatable bonds is 5. The Balaban J connectivity index is 2.79. The molecule has 17 heavy (non-hydrogen) atoms. The number of nitrogens with zero attached hydrogens (tertiary/aromatic N) is 1. The Morgan fingerprint density at radius 2 is 1.94 bits per heavy atom. The zero-order valence-corrected chi connectivity index (χ0v) is 10.4. The molecule has 0 unspecified atom stereocenters. The molecule has 0 heterocycles. The van der Waals surface area contributed by atoms with Crippen molar-refractivity contribution >= 4 is 22.1 Å². The highest BCUT2D eigenvalue weighted by Crippen LogP contribution is 2.13. The van der Waals surface area contributed by atoms with Crippen LogP contribution in [0.3, 0.4) is 0 Å². The maximum Gasteiger partial charge on any atom is 0.358 e. The topological polar surface area (TPSA) is 72.8 Å². The van der Waals surface area contributed by atoms with Crippen LogP contribution in [0.1, 0.15) is 18.9 Å². The van der Waals surface area contributed by atoms with Crippen LogP contribution in [0.15, 0.2) is 34.3 Å². The molecule has 0 aliphatic heterocycles. The van der Waals surface area contributed by atoms with Gasteiger partial charge in [0.05, 0.1) is 0 Å². The van der Waals surface area contributed by atoms with Gasteiger partial charge < -0.3 is 0 Å². The van der Waals surface area contributed by atoms with Gasteiger partial charge in [0.25, 0.3) is 0 Å². The first-order valence-electron chi connectivity index (χ1n) is 5.02. The average Bonchev–Trinajstić information content (AvgIpc) is 2.29. The third-order valence-corrected chi connectivity index (χ3v) is 3.13. The molecular formula is C11H13NO4S. The number of aryl methyl sites for hydroxylation is 1. The summed E-state index contributed by atoms with van der Waals surface area (Å²) in [5.41, 5.74) is 0.939.